The molecular formula is C25H29IN8O2. The number of carbonyl (C=O) groups is 1. The van der Waals surface area contributed by atoms with Gasteiger partial charge in [0.25, 0.3) is 5.91 Å². The number of nitrogen functional groups attached to an aromatic ring is 1. The lowest BCUT2D eigenvalue weighted by atomic mass is 10.0. The smallest absolute Gasteiger partial charge is 0.278 e. The van der Waals surface area contributed by atoms with Crippen LogP contribution in [-0.4, -0.2) is 66.3 Å². The second kappa shape index (κ2) is 11.4. The van der Waals surface area contributed by atoms with E-state index in [1.807, 2.05) is 18.2 Å². The van der Waals surface area contributed by atoms with Gasteiger partial charge in [0.2, 0.25) is 0 Å². The van der Waals surface area contributed by atoms with Crippen molar-refractivity contribution in [1.82, 2.24) is 18.5 Å². The number of hydrogen-bond acceptors (Lipinski definition) is 9. The minimum Gasteiger partial charge on any atom is -0.382 e. The molecule has 0 radical (unpaired) electrons. The molecule has 1 aromatic carbocycles. The van der Waals surface area contributed by atoms with Crippen LogP contribution in [0.4, 0.5) is 22.9 Å². The molecule has 4 N–H and O–H groups in total. The second-order valence-electron chi connectivity index (χ2n) is 8.85. The van der Waals surface area contributed by atoms with Gasteiger partial charge in [-0.3, -0.25) is 13.3 Å². The first-order valence-electron chi connectivity index (χ1n) is 12.0. The molecule has 2 aromatic heterocycles. The summed E-state index contributed by atoms with van der Waals surface area (Å²) in [6, 6.07) is 10.7. The summed E-state index contributed by atoms with van der Waals surface area (Å²) in [4.78, 5) is 30.7. The Morgan fingerprint density at radius 1 is 1.03 bits per heavy atom. The number of benzene rings is 1. The second-order valence-corrected chi connectivity index (χ2v) is 9.48. The number of nitrogens with two attached hydrogens (primary N) is 1. The monoisotopic (exact) mass is 600 g/mol. The molecule has 3 aromatic rings. The van der Waals surface area contributed by atoms with Gasteiger partial charge in [0.15, 0.2) is 11.5 Å². The van der Waals surface area contributed by atoms with E-state index in [1.54, 1.807) is 18.6 Å². The minimum absolute atomic E-state index is 0.0800. The van der Waals surface area contributed by atoms with Gasteiger partial charge in [0, 0.05) is 72.5 Å². The van der Waals surface area contributed by atoms with Gasteiger partial charge in [-0.15, -0.1) is 0 Å². The highest BCUT2D eigenvalue weighted by Crippen LogP contribution is 2.28. The van der Waals surface area contributed by atoms with E-state index in [4.69, 9.17) is 10.5 Å². The van der Waals surface area contributed by atoms with Crippen LogP contribution in [-0.2, 0) is 4.74 Å². The zero-order valence-electron chi connectivity index (χ0n) is 19.9. The van der Waals surface area contributed by atoms with Crippen LogP contribution in [0.1, 0.15) is 23.3 Å². The summed E-state index contributed by atoms with van der Waals surface area (Å²) in [5.41, 5.74) is 10.3. The number of carbonyl (C=O) groups excluding carboxylic acids is 1. The van der Waals surface area contributed by atoms with Crippen LogP contribution in [0.2, 0.25) is 0 Å². The number of amides is 1. The van der Waals surface area contributed by atoms with Gasteiger partial charge in [-0.1, -0.05) is 12.1 Å². The molecule has 0 bridgehead atoms. The first kappa shape index (κ1) is 24.7. The van der Waals surface area contributed by atoms with Crippen LogP contribution in [0.15, 0.2) is 48.9 Å². The zero-order valence-corrected chi connectivity index (χ0v) is 22.0. The van der Waals surface area contributed by atoms with Gasteiger partial charge >= 0.3 is 0 Å². The zero-order chi connectivity index (χ0) is 24.9. The lowest BCUT2D eigenvalue weighted by Crippen LogP contribution is -2.39. The van der Waals surface area contributed by atoms with Crippen molar-refractivity contribution in [2.45, 2.75) is 18.9 Å². The maximum Gasteiger partial charge on any atom is 0.278 e. The molecule has 36 heavy (non-hydrogen) atoms. The molecule has 1 amide bonds. The van der Waals surface area contributed by atoms with Gasteiger partial charge in [-0.05, 0) is 31.0 Å². The molecule has 11 heteroatoms. The molecule has 4 heterocycles. The SMILES string of the molecule is Nc1ncc(-c2ccc(N3CCC(NI)CC3)cc2)nc1C(=O)Nc1cnccc1N1CCOCC1. The number of rotatable bonds is 6. The number of nitrogens with one attached hydrogen (secondary N) is 2. The standard InChI is InChI=1S/C25H29IN8O2/c26-32-18-6-9-33(10-7-18)19-3-1-17(2-4-19)20-16-29-24(27)23(30-20)25(35)31-21-15-28-8-5-22(21)34-11-13-36-14-12-34/h1-5,8,15-16,18,32H,6-7,9-14H2,(H2,27,29)(H,31,35). The highest BCUT2D eigenvalue weighted by molar-refractivity contribution is 14.1. The maximum absolute atomic E-state index is 13.2. The Balaban J connectivity index is 1.32. The van der Waals surface area contributed by atoms with E-state index in [0.717, 1.165) is 50.3 Å². The third kappa shape index (κ3) is 5.52. The van der Waals surface area contributed by atoms with Crippen molar-refractivity contribution in [2.75, 3.05) is 60.2 Å². The molecule has 2 saturated heterocycles. The molecule has 0 aliphatic carbocycles. The number of halogens is 1. The average Bonchev–Trinajstić information content (AvgIpc) is 2.94. The van der Waals surface area contributed by atoms with Crippen LogP contribution >= 0.6 is 22.9 Å². The molecule has 5 rings (SSSR count). The van der Waals surface area contributed by atoms with Crippen LogP contribution < -0.4 is 24.4 Å². The van der Waals surface area contributed by atoms with E-state index < -0.39 is 5.91 Å². The summed E-state index contributed by atoms with van der Waals surface area (Å²) in [6.07, 6.45) is 7.19. The van der Waals surface area contributed by atoms with Gasteiger partial charge in [-0.25, -0.2) is 9.97 Å². The van der Waals surface area contributed by atoms with Gasteiger partial charge in [0.05, 0.1) is 42.7 Å². The average molecular weight is 600 g/mol. The topological polar surface area (TPSA) is 122 Å². The van der Waals surface area contributed by atoms with Crippen molar-refractivity contribution < 1.29 is 9.53 Å². The summed E-state index contributed by atoms with van der Waals surface area (Å²) in [6.45, 7) is 4.81. The first-order chi connectivity index (χ1) is 17.6. The highest BCUT2D eigenvalue weighted by Gasteiger charge is 2.21. The van der Waals surface area contributed by atoms with E-state index in [0.29, 0.717) is 30.6 Å². The maximum atomic E-state index is 13.2. The summed E-state index contributed by atoms with van der Waals surface area (Å²) in [5.74, 6) is -0.343. The number of pyridine rings is 1. The first-order valence-corrected chi connectivity index (χ1v) is 13.1. The Morgan fingerprint density at radius 3 is 2.50 bits per heavy atom. The molecule has 0 saturated carbocycles. The number of aromatic nitrogens is 3. The van der Waals surface area contributed by atoms with Crippen molar-refractivity contribution in [2.24, 2.45) is 0 Å². The fraction of sp³-hybridized carbons (Fsp3) is 0.360. The number of piperidine rings is 1. The Morgan fingerprint density at radius 2 is 1.78 bits per heavy atom. The Bertz CT molecular complexity index is 1190. The lowest BCUT2D eigenvalue weighted by molar-refractivity contribution is 0.102. The van der Waals surface area contributed by atoms with Crippen molar-refractivity contribution >= 4 is 51.7 Å². The molecule has 2 aliphatic heterocycles. The Kier molecular flexibility index (Phi) is 7.78. The van der Waals surface area contributed by atoms with E-state index in [1.165, 1.54) is 5.69 Å². The van der Waals surface area contributed by atoms with Crippen molar-refractivity contribution in [3.8, 4) is 11.3 Å². The van der Waals surface area contributed by atoms with E-state index in [2.05, 4.69) is 68.6 Å². The fourth-order valence-corrected chi connectivity index (χ4v) is 5.16. The summed E-state index contributed by atoms with van der Waals surface area (Å²) in [5, 5.41) is 2.93. The van der Waals surface area contributed by atoms with Crippen LogP contribution in [0.3, 0.4) is 0 Å². The van der Waals surface area contributed by atoms with Gasteiger partial charge < -0.3 is 25.6 Å². The van der Waals surface area contributed by atoms with Crippen LogP contribution in [0.25, 0.3) is 11.3 Å². The normalized spacial score (nSPS) is 16.7. The predicted octanol–water partition coefficient (Wildman–Crippen LogP) is 3.12. The van der Waals surface area contributed by atoms with Crippen molar-refractivity contribution in [1.29, 1.82) is 0 Å². The Labute approximate surface area is 224 Å². The summed E-state index contributed by atoms with van der Waals surface area (Å²) in [7, 11) is 0. The number of ether oxygens (including phenoxy) is 1. The largest absolute Gasteiger partial charge is 0.382 e. The number of hydrogen-bond donors (Lipinski definition) is 3. The van der Waals surface area contributed by atoms with Crippen LogP contribution in [0, 0.1) is 0 Å². The molecule has 2 aliphatic rings. The number of anilines is 4. The number of nitrogens with zero attached hydrogens (tertiary/aromatic N) is 5. The van der Waals surface area contributed by atoms with Gasteiger partial charge in [-0.2, -0.15) is 0 Å². The molecule has 2 fully saturated rings. The van der Waals surface area contributed by atoms with Crippen molar-refractivity contribution in [3.63, 3.8) is 0 Å². The van der Waals surface area contributed by atoms with Crippen molar-refractivity contribution in [3.05, 3.63) is 54.6 Å². The van der Waals surface area contributed by atoms with E-state index in [9.17, 15) is 4.79 Å². The van der Waals surface area contributed by atoms with Gasteiger partial charge in [0.1, 0.15) is 0 Å². The summed E-state index contributed by atoms with van der Waals surface area (Å²) < 4.78 is 8.78. The highest BCUT2D eigenvalue weighted by atomic mass is 127. The van der Waals surface area contributed by atoms with E-state index >= 15 is 0 Å². The third-order valence-corrected chi connectivity index (χ3v) is 7.47. The predicted molar refractivity (Wildman–Crippen MR) is 149 cm³/mol. The number of morpholine rings is 1. The molecule has 0 atom stereocenters. The molecular weight excluding hydrogens is 571 g/mol. The molecule has 0 unspecified atom stereocenters. The van der Waals surface area contributed by atoms with Crippen LogP contribution in [0.5, 0.6) is 0 Å². The fourth-order valence-electron chi connectivity index (χ4n) is 4.54. The Hall–Kier alpha value is -3.03. The molecule has 10 nitrogen and oxygen atoms in total. The quantitative estimate of drug-likeness (QED) is 0.290. The minimum atomic E-state index is -0.423. The third-order valence-electron chi connectivity index (χ3n) is 6.59. The molecule has 0 spiro atoms. The molecule has 188 valence electrons. The lowest BCUT2D eigenvalue weighted by Gasteiger charge is -2.33. The summed E-state index contributed by atoms with van der Waals surface area (Å²) >= 11 is 2.24. The van der Waals surface area contributed by atoms with E-state index in [-0.39, 0.29) is 11.5 Å².